The Hall–Kier alpha value is -3.19. The van der Waals surface area contributed by atoms with Crippen molar-refractivity contribution < 1.29 is 9.18 Å². The van der Waals surface area contributed by atoms with E-state index < -0.39 is 0 Å². The minimum absolute atomic E-state index is 0.111. The lowest BCUT2D eigenvalue weighted by Gasteiger charge is -2.26. The van der Waals surface area contributed by atoms with E-state index in [4.69, 9.17) is 4.98 Å². The number of fused-ring (bicyclic) bond motifs is 1. The number of rotatable bonds is 6. The molecule has 168 valence electrons. The number of hydrogen-bond acceptors (Lipinski definition) is 4. The minimum atomic E-state index is -0.205. The van der Waals surface area contributed by atoms with Gasteiger partial charge in [-0.15, -0.1) is 0 Å². The highest BCUT2D eigenvalue weighted by Gasteiger charge is 2.18. The van der Waals surface area contributed by atoms with Gasteiger partial charge in [-0.05, 0) is 54.7 Å². The van der Waals surface area contributed by atoms with Gasteiger partial charge in [0.05, 0.1) is 23.8 Å². The van der Waals surface area contributed by atoms with Gasteiger partial charge in [-0.25, -0.2) is 9.37 Å². The van der Waals surface area contributed by atoms with E-state index in [1.165, 1.54) is 24.2 Å². The summed E-state index contributed by atoms with van der Waals surface area (Å²) >= 11 is 1.51. The summed E-state index contributed by atoms with van der Waals surface area (Å²) in [6.45, 7) is 2.29. The Morgan fingerprint density at radius 2 is 1.79 bits per heavy atom. The molecule has 1 aliphatic rings. The number of hydrogen-bond donors (Lipinski definition) is 0. The van der Waals surface area contributed by atoms with Crippen LogP contribution in [0.1, 0.15) is 40.7 Å². The number of nitrogens with zero attached hydrogens (tertiary/aromatic N) is 4. The molecule has 7 heteroatoms. The molecule has 5 nitrogen and oxygen atoms in total. The van der Waals surface area contributed by atoms with Crippen LogP contribution in [0.3, 0.4) is 0 Å². The van der Waals surface area contributed by atoms with Gasteiger partial charge in [-0.1, -0.05) is 42.1 Å². The Bertz CT molecular complexity index is 1270. The van der Waals surface area contributed by atoms with E-state index in [1.54, 1.807) is 18.3 Å². The van der Waals surface area contributed by atoms with Gasteiger partial charge in [-0.3, -0.25) is 9.78 Å². The number of carbonyl (C=O) groups excluding carboxylic acids is 1. The number of pyridine rings is 1. The number of amides is 1. The molecule has 0 bridgehead atoms. The molecule has 1 amide bonds. The van der Waals surface area contributed by atoms with Gasteiger partial charge in [0.25, 0.3) is 5.91 Å². The SMILES string of the molecule is O=C(c1ccc(Cn2c(SCc3ccccc3F)nc3ccncc32)cc1)N1CCCCC1. The van der Waals surface area contributed by atoms with Crippen molar-refractivity contribution in [2.24, 2.45) is 0 Å². The predicted molar refractivity (Wildman–Crippen MR) is 129 cm³/mol. The van der Waals surface area contributed by atoms with Crippen LogP contribution in [0, 0.1) is 5.82 Å². The largest absolute Gasteiger partial charge is 0.339 e. The second-order valence-electron chi connectivity index (χ2n) is 8.27. The summed E-state index contributed by atoms with van der Waals surface area (Å²) in [6.07, 6.45) is 6.90. The van der Waals surface area contributed by atoms with Crippen LogP contribution in [0.4, 0.5) is 4.39 Å². The zero-order chi connectivity index (χ0) is 22.6. The van der Waals surface area contributed by atoms with Crippen molar-refractivity contribution in [1.29, 1.82) is 0 Å². The smallest absolute Gasteiger partial charge is 0.253 e. The molecule has 0 atom stereocenters. The third-order valence-electron chi connectivity index (χ3n) is 6.01. The van der Waals surface area contributed by atoms with Gasteiger partial charge in [0, 0.05) is 30.6 Å². The highest BCUT2D eigenvalue weighted by Crippen LogP contribution is 2.28. The van der Waals surface area contributed by atoms with E-state index in [-0.39, 0.29) is 11.7 Å². The fourth-order valence-electron chi connectivity index (χ4n) is 4.18. The molecule has 3 heterocycles. The topological polar surface area (TPSA) is 51.0 Å². The van der Waals surface area contributed by atoms with Crippen LogP contribution < -0.4 is 0 Å². The number of likely N-dealkylation sites (tertiary alicyclic amines) is 1. The molecule has 2 aromatic carbocycles. The van der Waals surface area contributed by atoms with E-state index in [2.05, 4.69) is 9.55 Å². The lowest BCUT2D eigenvalue weighted by atomic mass is 10.1. The van der Waals surface area contributed by atoms with Crippen LogP contribution in [-0.4, -0.2) is 38.4 Å². The summed E-state index contributed by atoms with van der Waals surface area (Å²) in [4.78, 5) is 23.8. The summed E-state index contributed by atoms with van der Waals surface area (Å²) in [5, 5.41) is 0.815. The van der Waals surface area contributed by atoms with Crippen LogP contribution in [0.5, 0.6) is 0 Å². The molecule has 0 spiro atoms. The summed E-state index contributed by atoms with van der Waals surface area (Å²) < 4.78 is 16.2. The molecular weight excluding hydrogens is 435 g/mol. The number of aromatic nitrogens is 3. The minimum Gasteiger partial charge on any atom is -0.339 e. The van der Waals surface area contributed by atoms with E-state index >= 15 is 0 Å². The van der Waals surface area contributed by atoms with Crippen molar-refractivity contribution in [3.63, 3.8) is 0 Å². The van der Waals surface area contributed by atoms with Crippen molar-refractivity contribution in [2.75, 3.05) is 13.1 Å². The Kier molecular flexibility index (Phi) is 6.39. The maximum absolute atomic E-state index is 14.1. The molecule has 33 heavy (non-hydrogen) atoms. The maximum Gasteiger partial charge on any atom is 0.253 e. The number of benzene rings is 2. The first-order chi connectivity index (χ1) is 16.2. The zero-order valence-corrected chi connectivity index (χ0v) is 19.1. The van der Waals surface area contributed by atoms with Crippen LogP contribution in [0.15, 0.2) is 72.1 Å². The van der Waals surface area contributed by atoms with Gasteiger partial charge in [0.15, 0.2) is 5.16 Å². The Morgan fingerprint density at radius 3 is 2.58 bits per heavy atom. The highest BCUT2D eigenvalue weighted by atomic mass is 32.2. The molecule has 1 aliphatic heterocycles. The van der Waals surface area contributed by atoms with E-state index in [9.17, 15) is 9.18 Å². The molecule has 4 aromatic rings. The molecule has 1 fully saturated rings. The van der Waals surface area contributed by atoms with Crippen molar-refractivity contribution in [3.05, 3.63) is 89.5 Å². The van der Waals surface area contributed by atoms with Crippen molar-refractivity contribution in [2.45, 2.75) is 36.7 Å². The van der Waals surface area contributed by atoms with E-state index in [0.717, 1.165) is 53.2 Å². The summed E-state index contributed by atoms with van der Waals surface area (Å²) in [5.74, 6) is 0.398. The first kappa shape index (κ1) is 21.6. The lowest BCUT2D eigenvalue weighted by molar-refractivity contribution is 0.0724. The number of piperidine rings is 1. The normalized spacial score (nSPS) is 14.0. The molecular formula is C26H25FN4OS. The van der Waals surface area contributed by atoms with Crippen LogP contribution in [0.25, 0.3) is 11.0 Å². The summed E-state index contributed by atoms with van der Waals surface area (Å²) in [6, 6.07) is 16.5. The van der Waals surface area contributed by atoms with Gasteiger partial charge < -0.3 is 9.47 Å². The molecule has 0 aliphatic carbocycles. The number of imidazole rings is 1. The predicted octanol–water partition coefficient (Wildman–Crippen LogP) is 5.54. The Labute approximate surface area is 196 Å². The molecule has 1 saturated heterocycles. The van der Waals surface area contributed by atoms with Crippen molar-refractivity contribution in [3.8, 4) is 0 Å². The molecule has 0 saturated carbocycles. The Balaban J connectivity index is 1.37. The van der Waals surface area contributed by atoms with Gasteiger partial charge in [-0.2, -0.15) is 0 Å². The lowest BCUT2D eigenvalue weighted by Crippen LogP contribution is -2.35. The van der Waals surface area contributed by atoms with Crippen LogP contribution in [0.2, 0.25) is 0 Å². The second-order valence-corrected chi connectivity index (χ2v) is 9.22. The number of halogens is 1. The van der Waals surface area contributed by atoms with E-state index in [0.29, 0.717) is 17.9 Å². The fraction of sp³-hybridized carbons (Fsp3) is 0.269. The third-order valence-corrected chi connectivity index (χ3v) is 7.04. The molecule has 0 N–H and O–H groups in total. The molecule has 0 unspecified atom stereocenters. The van der Waals surface area contributed by atoms with Crippen molar-refractivity contribution >= 4 is 28.7 Å². The number of carbonyl (C=O) groups is 1. The van der Waals surface area contributed by atoms with Crippen LogP contribution in [-0.2, 0) is 12.3 Å². The monoisotopic (exact) mass is 460 g/mol. The third kappa shape index (κ3) is 4.78. The molecule has 5 rings (SSSR count). The van der Waals surface area contributed by atoms with E-state index in [1.807, 2.05) is 47.5 Å². The summed E-state index contributed by atoms with van der Waals surface area (Å²) in [5.41, 5.74) is 4.24. The van der Waals surface area contributed by atoms with Crippen LogP contribution >= 0.6 is 11.8 Å². The highest BCUT2D eigenvalue weighted by molar-refractivity contribution is 7.98. The summed E-state index contributed by atoms with van der Waals surface area (Å²) in [7, 11) is 0. The second kappa shape index (κ2) is 9.75. The first-order valence-electron chi connectivity index (χ1n) is 11.2. The maximum atomic E-state index is 14.1. The Morgan fingerprint density at radius 1 is 1.00 bits per heavy atom. The fourth-order valence-corrected chi connectivity index (χ4v) is 5.18. The molecule has 2 aromatic heterocycles. The molecule has 0 radical (unpaired) electrons. The number of thioether (sulfide) groups is 1. The average molecular weight is 461 g/mol. The van der Waals surface area contributed by atoms with Gasteiger partial charge in [0.1, 0.15) is 5.82 Å². The van der Waals surface area contributed by atoms with Gasteiger partial charge in [0.2, 0.25) is 0 Å². The van der Waals surface area contributed by atoms with Crippen molar-refractivity contribution in [1.82, 2.24) is 19.4 Å². The first-order valence-corrected chi connectivity index (χ1v) is 12.2. The average Bonchev–Trinajstić information content (AvgIpc) is 3.21. The van der Waals surface area contributed by atoms with Gasteiger partial charge >= 0.3 is 0 Å². The quantitative estimate of drug-likeness (QED) is 0.355. The standard InChI is InChI=1S/C26H25FN4OS/c27-22-7-3-2-6-21(22)18-33-26-29-23-12-13-28-16-24(23)31(26)17-19-8-10-20(11-9-19)25(32)30-14-4-1-5-15-30/h2-3,6-13,16H,1,4-5,14-15,17-18H2. The zero-order valence-electron chi connectivity index (χ0n) is 18.3.